The lowest BCUT2D eigenvalue weighted by Gasteiger charge is -2.13. The lowest BCUT2D eigenvalue weighted by molar-refractivity contribution is -0.137. The minimum atomic E-state index is -4.28. The van der Waals surface area contributed by atoms with E-state index in [2.05, 4.69) is 0 Å². The average molecular weight is 240 g/mol. The predicted molar refractivity (Wildman–Crippen MR) is 56.0 cm³/mol. The van der Waals surface area contributed by atoms with Crippen molar-refractivity contribution in [3.05, 3.63) is 34.9 Å². The summed E-state index contributed by atoms with van der Waals surface area (Å²) in [6, 6.07) is 3.38. The molecule has 0 amide bonds. The number of nitrogens with two attached hydrogens (primary N) is 1. The van der Waals surface area contributed by atoms with Crippen LogP contribution in [-0.2, 0) is 6.18 Å². The van der Waals surface area contributed by atoms with Gasteiger partial charge in [-0.1, -0.05) is 6.07 Å². The summed E-state index contributed by atoms with van der Waals surface area (Å²) in [4.78, 5) is 0. The minimum absolute atomic E-state index is 0. The van der Waals surface area contributed by atoms with E-state index in [9.17, 15) is 13.2 Å². The number of benzene rings is 1. The van der Waals surface area contributed by atoms with Gasteiger partial charge in [-0.05, 0) is 37.1 Å². The zero-order valence-corrected chi connectivity index (χ0v) is 9.25. The summed E-state index contributed by atoms with van der Waals surface area (Å²) in [6.07, 6.45) is -4.28. The average Bonchev–Trinajstić information content (AvgIpc) is 2.01. The molecule has 0 saturated heterocycles. The molecule has 1 unspecified atom stereocenters. The molecule has 1 nitrogen and oxygen atoms in total. The van der Waals surface area contributed by atoms with Gasteiger partial charge in [0.2, 0.25) is 0 Å². The van der Waals surface area contributed by atoms with Crippen molar-refractivity contribution in [1.82, 2.24) is 0 Å². The Morgan fingerprint density at radius 3 is 2.13 bits per heavy atom. The first-order valence-corrected chi connectivity index (χ1v) is 4.25. The van der Waals surface area contributed by atoms with Crippen molar-refractivity contribution in [3.63, 3.8) is 0 Å². The molecule has 0 aliphatic rings. The second kappa shape index (κ2) is 4.86. The third-order valence-electron chi connectivity index (χ3n) is 2.09. The van der Waals surface area contributed by atoms with Gasteiger partial charge >= 0.3 is 6.18 Å². The summed E-state index contributed by atoms with van der Waals surface area (Å²) in [6.45, 7) is 3.38. The maximum absolute atomic E-state index is 12.3. The monoisotopic (exact) mass is 239 g/mol. The van der Waals surface area contributed by atoms with Crippen LogP contribution in [0.1, 0.15) is 29.7 Å². The van der Waals surface area contributed by atoms with Crippen molar-refractivity contribution in [3.8, 4) is 0 Å². The molecule has 15 heavy (non-hydrogen) atoms. The molecule has 0 aliphatic carbocycles. The molecule has 0 radical (unpaired) electrons. The highest BCUT2D eigenvalue weighted by Crippen LogP contribution is 2.31. The summed E-state index contributed by atoms with van der Waals surface area (Å²) < 4.78 is 36.8. The highest BCUT2D eigenvalue weighted by atomic mass is 35.5. The zero-order chi connectivity index (χ0) is 10.9. The van der Waals surface area contributed by atoms with Gasteiger partial charge in [-0.25, -0.2) is 0 Å². The minimum Gasteiger partial charge on any atom is -0.324 e. The van der Waals surface area contributed by atoms with Crippen LogP contribution in [0.25, 0.3) is 0 Å². The summed E-state index contributed by atoms with van der Waals surface area (Å²) >= 11 is 0. The van der Waals surface area contributed by atoms with E-state index in [0.29, 0.717) is 5.56 Å². The van der Waals surface area contributed by atoms with E-state index >= 15 is 0 Å². The van der Waals surface area contributed by atoms with Crippen LogP contribution in [0.4, 0.5) is 13.2 Å². The molecule has 0 fully saturated rings. The fourth-order valence-electron chi connectivity index (χ4n) is 1.36. The lowest BCUT2D eigenvalue weighted by Crippen LogP contribution is -2.10. The lowest BCUT2D eigenvalue weighted by atomic mass is 10.0. The highest BCUT2D eigenvalue weighted by Gasteiger charge is 2.30. The van der Waals surface area contributed by atoms with Crippen molar-refractivity contribution in [2.75, 3.05) is 0 Å². The van der Waals surface area contributed by atoms with E-state index in [1.807, 2.05) is 0 Å². The van der Waals surface area contributed by atoms with Gasteiger partial charge in [0, 0.05) is 6.04 Å². The molecular weight excluding hydrogens is 227 g/mol. The van der Waals surface area contributed by atoms with E-state index in [0.717, 1.165) is 17.7 Å². The van der Waals surface area contributed by atoms with Crippen LogP contribution in [-0.4, -0.2) is 0 Å². The second-order valence-electron chi connectivity index (χ2n) is 3.36. The van der Waals surface area contributed by atoms with Crippen molar-refractivity contribution < 1.29 is 13.2 Å². The Bertz CT molecular complexity index is 334. The van der Waals surface area contributed by atoms with Gasteiger partial charge in [0.15, 0.2) is 0 Å². The molecule has 0 bridgehead atoms. The number of hydrogen-bond donors (Lipinski definition) is 1. The third kappa shape index (κ3) is 3.39. The summed E-state index contributed by atoms with van der Waals surface area (Å²) in [5.41, 5.74) is 6.29. The Labute approximate surface area is 92.9 Å². The highest BCUT2D eigenvalue weighted by molar-refractivity contribution is 5.85. The largest absolute Gasteiger partial charge is 0.416 e. The molecule has 0 aromatic heterocycles. The second-order valence-corrected chi connectivity index (χ2v) is 3.36. The van der Waals surface area contributed by atoms with Gasteiger partial charge in [-0.3, -0.25) is 0 Å². The van der Waals surface area contributed by atoms with Gasteiger partial charge in [0.1, 0.15) is 0 Å². The predicted octanol–water partition coefficient (Wildman–Crippen LogP) is 3.46. The molecule has 5 heteroatoms. The van der Waals surface area contributed by atoms with E-state index in [1.165, 1.54) is 6.07 Å². The Morgan fingerprint density at radius 2 is 1.80 bits per heavy atom. The molecule has 1 atom stereocenters. The normalized spacial score (nSPS) is 13.2. The van der Waals surface area contributed by atoms with Crippen molar-refractivity contribution in [1.29, 1.82) is 0 Å². The van der Waals surface area contributed by atoms with E-state index < -0.39 is 11.7 Å². The number of alkyl halides is 3. The fraction of sp³-hybridized carbons (Fsp3) is 0.400. The molecule has 1 aromatic rings. The molecular formula is C10H13ClF3N. The van der Waals surface area contributed by atoms with Gasteiger partial charge in [0.25, 0.3) is 0 Å². The van der Waals surface area contributed by atoms with E-state index in [-0.39, 0.29) is 18.4 Å². The quantitative estimate of drug-likeness (QED) is 0.798. The first-order valence-electron chi connectivity index (χ1n) is 4.25. The zero-order valence-electron chi connectivity index (χ0n) is 8.43. The molecule has 1 aromatic carbocycles. The first-order chi connectivity index (χ1) is 6.32. The summed E-state index contributed by atoms with van der Waals surface area (Å²) in [5, 5.41) is 0. The Morgan fingerprint density at radius 1 is 1.27 bits per heavy atom. The third-order valence-corrected chi connectivity index (χ3v) is 2.09. The standard InChI is InChI=1S/C10H12F3N.ClH/c1-6-5-8(10(11,12)13)3-4-9(6)7(2)14;/h3-5,7H,14H2,1-2H3;1H. The smallest absolute Gasteiger partial charge is 0.324 e. The van der Waals surface area contributed by atoms with Crippen LogP contribution in [0, 0.1) is 6.92 Å². The van der Waals surface area contributed by atoms with Crippen LogP contribution >= 0.6 is 12.4 Å². The van der Waals surface area contributed by atoms with E-state index in [4.69, 9.17) is 5.73 Å². The molecule has 2 N–H and O–H groups in total. The van der Waals surface area contributed by atoms with Gasteiger partial charge < -0.3 is 5.73 Å². The number of aryl methyl sites for hydroxylation is 1. The topological polar surface area (TPSA) is 26.0 Å². The maximum atomic E-state index is 12.3. The molecule has 86 valence electrons. The molecule has 0 saturated carbocycles. The van der Waals surface area contributed by atoms with E-state index in [1.54, 1.807) is 13.8 Å². The molecule has 0 spiro atoms. The SMILES string of the molecule is Cc1cc(C(F)(F)F)ccc1C(C)N.Cl. The molecule has 0 heterocycles. The molecule has 0 aliphatic heterocycles. The van der Waals surface area contributed by atoms with Gasteiger partial charge in [-0.15, -0.1) is 12.4 Å². The Balaban J connectivity index is 0.00000196. The first kappa shape index (κ1) is 14.3. The number of rotatable bonds is 1. The van der Waals surface area contributed by atoms with Crippen LogP contribution in [0.2, 0.25) is 0 Å². The van der Waals surface area contributed by atoms with Crippen molar-refractivity contribution in [2.45, 2.75) is 26.1 Å². The van der Waals surface area contributed by atoms with Crippen molar-refractivity contribution >= 4 is 12.4 Å². The van der Waals surface area contributed by atoms with Gasteiger partial charge in [-0.2, -0.15) is 13.2 Å². The molecule has 1 rings (SSSR count). The Hall–Kier alpha value is -0.740. The fourth-order valence-corrected chi connectivity index (χ4v) is 1.36. The van der Waals surface area contributed by atoms with Crippen LogP contribution in [0.3, 0.4) is 0 Å². The van der Waals surface area contributed by atoms with Gasteiger partial charge in [0.05, 0.1) is 5.56 Å². The number of hydrogen-bond acceptors (Lipinski definition) is 1. The summed E-state index contributed by atoms with van der Waals surface area (Å²) in [7, 11) is 0. The van der Waals surface area contributed by atoms with Crippen LogP contribution in [0.5, 0.6) is 0 Å². The number of halogens is 4. The van der Waals surface area contributed by atoms with Crippen LogP contribution in [0.15, 0.2) is 18.2 Å². The maximum Gasteiger partial charge on any atom is 0.416 e. The van der Waals surface area contributed by atoms with Crippen molar-refractivity contribution in [2.24, 2.45) is 5.73 Å². The summed E-state index contributed by atoms with van der Waals surface area (Å²) in [5.74, 6) is 0. The van der Waals surface area contributed by atoms with Crippen LogP contribution < -0.4 is 5.73 Å². The Kier molecular flexibility index (Phi) is 4.62.